The Morgan fingerprint density at radius 2 is 1.92 bits per heavy atom. The minimum atomic E-state index is -1.54. The Hall–Kier alpha value is -0.730. The summed E-state index contributed by atoms with van der Waals surface area (Å²) in [5.41, 5.74) is -0.580. The molecule has 8 nitrogen and oxygen atoms in total. The number of ether oxygens (including phenoxy) is 1. The number of carbonyl (C=O) groups is 3. The second-order valence-corrected chi connectivity index (χ2v) is 9.56. The van der Waals surface area contributed by atoms with E-state index in [1.807, 2.05) is 13.8 Å². The first-order chi connectivity index (χ1) is 11.5. The summed E-state index contributed by atoms with van der Waals surface area (Å²) >= 11 is 0.996. The van der Waals surface area contributed by atoms with E-state index in [9.17, 15) is 14.4 Å². The lowest BCUT2D eigenvalue weighted by Gasteiger charge is -2.32. The van der Waals surface area contributed by atoms with Gasteiger partial charge in [0.2, 0.25) is 6.79 Å². The zero-order chi connectivity index (χ0) is 19.1. The first-order valence-electron chi connectivity index (χ1n) is 7.78. The highest BCUT2D eigenvalue weighted by Crippen LogP contribution is 2.46. The first kappa shape index (κ1) is 22.3. The van der Waals surface area contributed by atoms with E-state index in [0.29, 0.717) is 19.5 Å². The summed E-state index contributed by atoms with van der Waals surface area (Å²) in [4.78, 5) is 34.5. The Kier molecular flexibility index (Phi) is 8.77. The summed E-state index contributed by atoms with van der Waals surface area (Å²) in [6, 6.07) is -0.822. The fourth-order valence-electron chi connectivity index (χ4n) is 1.42. The predicted octanol–water partition coefficient (Wildman–Crippen LogP) is 2.86. The Morgan fingerprint density at radius 1 is 1.32 bits per heavy atom. The van der Waals surface area contributed by atoms with Crippen LogP contribution in [-0.2, 0) is 27.9 Å². The molecule has 1 aliphatic rings. The molecule has 0 spiro atoms. The average Bonchev–Trinajstić information content (AvgIpc) is 2.51. The quantitative estimate of drug-likeness (QED) is 0.399. The molecule has 0 aromatic carbocycles. The fraction of sp³-hybridized carbons (Fsp3) is 0.800. The number of alkyl carbamates (subject to hydrolysis) is 1. The van der Waals surface area contributed by atoms with Crippen LogP contribution in [0.4, 0.5) is 4.79 Å². The molecule has 25 heavy (non-hydrogen) atoms. The van der Waals surface area contributed by atoms with Crippen LogP contribution in [0.1, 0.15) is 34.6 Å². The highest BCUT2D eigenvalue weighted by atomic mass is 32.2. The van der Waals surface area contributed by atoms with E-state index in [1.54, 1.807) is 20.8 Å². The SMILES string of the molecule is CC1(C)COP(OCOC(=O)NC(C=O)CSC(=O)C(C)(C)C)OC1. The molecule has 1 atom stereocenters. The fourth-order valence-corrected chi connectivity index (χ4v) is 3.62. The number of aldehydes is 1. The van der Waals surface area contributed by atoms with Crippen molar-refractivity contribution in [3.8, 4) is 0 Å². The van der Waals surface area contributed by atoms with Gasteiger partial charge in [0.1, 0.15) is 6.29 Å². The normalized spacial score (nSPS) is 19.1. The van der Waals surface area contributed by atoms with Gasteiger partial charge < -0.3 is 23.9 Å². The van der Waals surface area contributed by atoms with E-state index >= 15 is 0 Å². The maximum Gasteiger partial charge on any atom is 0.409 e. The molecule has 0 saturated carbocycles. The van der Waals surface area contributed by atoms with Crippen LogP contribution in [0.15, 0.2) is 0 Å². The van der Waals surface area contributed by atoms with Gasteiger partial charge in [-0.2, -0.15) is 0 Å². The molecule has 1 aliphatic heterocycles. The van der Waals surface area contributed by atoms with Gasteiger partial charge in [0.05, 0.1) is 19.3 Å². The second-order valence-electron chi connectivity index (χ2n) is 7.35. The summed E-state index contributed by atoms with van der Waals surface area (Å²) in [6.45, 7) is 10.0. The highest BCUT2D eigenvalue weighted by Gasteiger charge is 2.30. The van der Waals surface area contributed by atoms with Crippen molar-refractivity contribution in [2.24, 2.45) is 10.8 Å². The number of thioether (sulfide) groups is 1. The van der Waals surface area contributed by atoms with Gasteiger partial charge in [0.15, 0.2) is 5.12 Å². The minimum absolute atomic E-state index is 0.0600. The van der Waals surface area contributed by atoms with Gasteiger partial charge in [-0.3, -0.25) is 9.32 Å². The van der Waals surface area contributed by atoms with Crippen LogP contribution in [0.5, 0.6) is 0 Å². The highest BCUT2D eigenvalue weighted by molar-refractivity contribution is 8.13. The molecule has 1 unspecified atom stereocenters. The van der Waals surface area contributed by atoms with Crippen molar-refractivity contribution in [1.82, 2.24) is 5.32 Å². The molecule has 1 rings (SSSR count). The van der Waals surface area contributed by atoms with E-state index in [-0.39, 0.29) is 23.1 Å². The summed E-state index contributed by atoms with van der Waals surface area (Å²) in [7, 11) is -1.54. The van der Waals surface area contributed by atoms with Crippen molar-refractivity contribution in [3.63, 3.8) is 0 Å². The van der Waals surface area contributed by atoms with Crippen molar-refractivity contribution < 1.29 is 32.7 Å². The van der Waals surface area contributed by atoms with Gasteiger partial charge >= 0.3 is 14.7 Å². The summed E-state index contributed by atoms with van der Waals surface area (Å²) < 4.78 is 20.8. The lowest BCUT2D eigenvalue weighted by Crippen LogP contribution is -2.39. The molecule has 0 aliphatic carbocycles. The number of nitrogens with one attached hydrogen (secondary N) is 1. The molecule has 1 heterocycles. The van der Waals surface area contributed by atoms with Crippen LogP contribution in [0, 0.1) is 10.8 Å². The van der Waals surface area contributed by atoms with Gasteiger partial charge in [0, 0.05) is 16.6 Å². The number of amides is 1. The molecule has 0 aromatic rings. The van der Waals surface area contributed by atoms with Crippen LogP contribution >= 0.6 is 20.4 Å². The Labute approximate surface area is 153 Å². The maximum absolute atomic E-state index is 11.8. The summed E-state index contributed by atoms with van der Waals surface area (Å²) in [5.74, 6) is 0.142. The van der Waals surface area contributed by atoms with Crippen molar-refractivity contribution in [3.05, 3.63) is 0 Å². The number of hydrogen-bond acceptors (Lipinski definition) is 8. The smallest absolute Gasteiger partial charge is 0.409 e. The molecule has 1 saturated heterocycles. The molecule has 0 radical (unpaired) electrons. The Balaban J connectivity index is 2.23. The third kappa shape index (κ3) is 8.96. The average molecular weight is 395 g/mol. The predicted molar refractivity (Wildman–Crippen MR) is 94.9 cm³/mol. The van der Waals surface area contributed by atoms with Crippen LogP contribution in [0.2, 0.25) is 0 Å². The summed E-state index contributed by atoms with van der Waals surface area (Å²) in [6.07, 6.45) is -0.252. The number of carbonyl (C=O) groups excluding carboxylic acids is 3. The van der Waals surface area contributed by atoms with E-state index in [0.717, 1.165) is 11.8 Å². The zero-order valence-corrected chi connectivity index (χ0v) is 16.9. The standard InChI is InChI=1S/C15H26NO7PS/c1-14(2,3)12(18)25-7-11(6-17)16-13(19)20-10-23-24-21-8-15(4,5)9-22-24/h6,11H,7-10H2,1-5H3,(H,16,19). The maximum atomic E-state index is 11.8. The Morgan fingerprint density at radius 3 is 2.44 bits per heavy atom. The van der Waals surface area contributed by atoms with Crippen molar-refractivity contribution in [2.75, 3.05) is 25.8 Å². The largest absolute Gasteiger partial charge is 0.422 e. The van der Waals surface area contributed by atoms with Crippen molar-refractivity contribution >= 4 is 37.9 Å². The van der Waals surface area contributed by atoms with Gasteiger partial charge in [-0.05, 0) is 0 Å². The third-order valence-corrected chi connectivity index (χ3v) is 5.34. The third-order valence-electron chi connectivity index (χ3n) is 2.94. The van der Waals surface area contributed by atoms with Crippen LogP contribution in [-0.4, -0.2) is 49.3 Å². The van der Waals surface area contributed by atoms with Gasteiger partial charge in [-0.1, -0.05) is 46.4 Å². The molecular formula is C15H26NO7PS. The second kappa shape index (κ2) is 9.83. The molecular weight excluding hydrogens is 369 g/mol. The van der Waals surface area contributed by atoms with Crippen molar-refractivity contribution in [2.45, 2.75) is 40.7 Å². The summed E-state index contributed by atoms with van der Waals surface area (Å²) in [5, 5.41) is 2.31. The van der Waals surface area contributed by atoms with Gasteiger partial charge in [0.25, 0.3) is 0 Å². The van der Waals surface area contributed by atoms with Crippen molar-refractivity contribution in [1.29, 1.82) is 0 Å². The number of hydrogen-bond donors (Lipinski definition) is 1. The zero-order valence-electron chi connectivity index (χ0n) is 15.2. The van der Waals surface area contributed by atoms with Gasteiger partial charge in [-0.15, -0.1) is 0 Å². The number of rotatable bonds is 7. The molecule has 1 amide bonds. The Bertz CT molecular complexity index is 471. The van der Waals surface area contributed by atoms with E-state index in [2.05, 4.69) is 5.32 Å². The van der Waals surface area contributed by atoms with E-state index in [4.69, 9.17) is 18.3 Å². The molecule has 144 valence electrons. The molecule has 1 fully saturated rings. The first-order valence-corrected chi connectivity index (χ1v) is 9.86. The van der Waals surface area contributed by atoms with E-state index < -0.39 is 26.2 Å². The van der Waals surface area contributed by atoms with Crippen LogP contribution in [0.25, 0.3) is 0 Å². The lowest BCUT2D eigenvalue weighted by atomic mass is 9.97. The molecule has 0 aromatic heterocycles. The minimum Gasteiger partial charge on any atom is -0.422 e. The molecule has 0 bridgehead atoms. The topological polar surface area (TPSA) is 100 Å². The van der Waals surface area contributed by atoms with E-state index in [1.165, 1.54) is 0 Å². The van der Waals surface area contributed by atoms with Crippen LogP contribution in [0.3, 0.4) is 0 Å². The monoisotopic (exact) mass is 395 g/mol. The molecule has 10 heteroatoms. The molecule has 1 N–H and O–H groups in total. The lowest BCUT2D eigenvalue weighted by molar-refractivity contribution is -0.117. The van der Waals surface area contributed by atoms with Gasteiger partial charge in [-0.25, -0.2) is 4.79 Å². The van der Waals surface area contributed by atoms with Crippen LogP contribution < -0.4 is 5.32 Å².